The molecule has 0 radical (unpaired) electrons. The summed E-state index contributed by atoms with van der Waals surface area (Å²) < 4.78 is 29.8. The minimum Gasteiger partial charge on any atom is -0.293 e. The first-order valence-electron chi connectivity index (χ1n) is 9.21. The van der Waals surface area contributed by atoms with Gasteiger partial charge in [-0.25, -0.2) is 0 Å². The maximum absolute atomic E-state index is 14.9. The Hall–Kier alpha value is -1.39. The molecule has 1 nitrogen and oxygen atoms in total. The molecule has 2 aromatic rings. The van der Waals surface area contributed by atoms with Crippen molar-refractivity contribution < 1.29 is 8.78 Å². The fourth-order valence-corrected chi connectivity index (χ4v) is 4.78. The predicted octanol–water partition coefficient (Wildman–Crippen LogP) is 6.62. The molecule has 0 spiro atoms. The predicted molar refractivity (Wildman–Crippen MR) is 106 cm³/mol. The number of hydrogen-bond acceptors (Lipinski definition) is 2. The number of halogens is 2. The molecule has 1 aliphatic heterocycles. The molecule has 4 heteroatoms. The van der Waals surface area contributed by atoms with Crippen LogP contribution in [0.1, 0.15) is 45.2 Å². The lowest BCUT2D eigenvalue weighted by Crippen LogP contribution is -2.41. The molecule has 2 atom stereocenters. The highest BCUT2D eigenvalue weighted by atomic mass is 32.2. The lowest BCUT2D eigenvalue weighted by atomic mass is 9.82. The zero-order chi connectivity index (χ0) is 18.8. The summed E-state index contributed by atoms with van der Waals surface area (Å²) in [7, 11) is 0. The van der Waals surface area contributed by atoms with Crippen LogP contribution in [0.15, 0.2) is 65.6 Å². The van der Waals surface area contributed by atoms with Crippen molar-refractivity contribution in [2.24, 2.45) is 5.41 Å². The van der Waals surface area contributed by atoms with E-state index in [9.17, 15) is 8.78 Å². The summed E-state index contributed by atoms with van der Waals surface area (Å²) in [6.07, 6.45) is 0.817. The second kappa shape index (κ2) is 7.69. The smallest absolute Gasteiger partial charge is 0.293 e. The lowest BCUT2D eigenvalue weighted by molar-refractivity contribution is 0.0280. The molecule has 0 aromatic heterocycles. The summed E-state index contributed by atoms with van der Waals surface area (Å²) in [5.74, 6) is 0. The van der Waals surface area contributed by atoms with Gasteiger partial charge in [-0.1, -0.05) is 74.1 Å². The van der Waals surface area contributed by atoms with Crippen molar-refractivity contribution in [2.75, 3.05) is 6.54 Å². The topological polar surface area (TPSA) is 3.24 Å². The first-order valence-corrected chi connectivity index (χ1v) is 10.0. The zero-order valence-corrected chi connectivity index (χ0v) is 16.5. The third-order valence-corrected chi connectivity index (χ3v) is 6.51. The SMILES string of the molecule is C[C@@H](c1ccccc1)N1CCC(C)(C)C1CC(F)(F)Sc1ccccc1. The Morgan fingerprint density at radius 2 is 1.65 bits per heavy atom. The van der Waals surface area contributed by atoms with E-state index >= 15 is 0 Å². The molecule has 26 heavy (non-hydrogen) atoms. The van der Waals surface area contributed by atoms with Crippen molar-refractivity contribution in [3.63, 3.8) is 0 Å². The summed E-state index contributed by atoms with van der Waals surface area (Å²) in [6, 6.07) is 19.2. The maximum Gasteiger partial charge on any atom is 0.299 e. The standard InChI is InChI=1S/C22H27F2NS/c1-17(18-10-6-4-7-11-18)25-15-14-21(2,3)20(25)16-22(23,24)26-19-12-8-5-9-13-19/h4-13,17,20H,14-16H2,1-3H3/t17-,20?/m0/s1. The van der Waals surface area contributed by atoms with Crippen LogP contribution in [-0.4, -0.2) is 22.7 Å². The summed E-state index contributed by atoms with van der Waals surface area (Å²) in [5, 5.41) is -2.79. The molecule has 1 aliphatic rings. The molecule has 140 valence electrons. The Labute approximate surface area is 159 Å². The van der Waals surface area contributed by atoms with Crippen LogP contribution in [0.4, 0.5) is 8.78 Å². The normalized spacial score (nSPS) is 21.7. The molecular formula is C22H27F2NS. The van der Waals surface area contributed by atoms with Gasteiger partial charge >= 0.3 is 0 Å². The average molecular weight is 376 g/mol. The molecule has 3 rings (SSSR count). The van der Waals surface area contributed by atoms with Gasteiger partial charge in [-0.15, -0.1) is 0 Å². The van der Waals surface area contributed by atoms with Crippen molar-refractivity contribution in [2.45, 2.75) is 55.8 Å². The number of alkyl halides is 2. The molecular weight excluding hydrogens is 348 g/mol. The molecule has 0 aliphatic carbocycles. The first-order chi connectivity index (χ1) is 12.3. The van der Waals surface area contributed by atoms with Gasteiger partial charge in [-0.05, 0) is 43.0 Å². The Morgan fingerprint density at radius 3 is 2.27 bits per heavy atom. The quantitative estimate of drug-likeness (QED) is 0.522. The summed E-state index contributed by atoms with van der Waals surface area (Å²) in [4.78, 5) is 2.89. The van der Waals surface area contributed by atoms with Crippen LogP contribution in [0.2, 0.25) is 0 Å². The number of likely N-dealkylation sites (tertiary alicyclic amines) is 1. The fourth-order valence-electron chi connectivity index (χ4n) is 3.90. The number of hydrogen-bond donors (Lipinski definition) is 0. The van der Waals surface area contributed by atoms with E-state index in [-0.39, 0.29) is 23.9 Å². The van der Waals surface area contributed by atoms with E-state index < -0.39 is 5.25 Å². The van der Waals surface area contributed by atoms with Gasteiger partial charge in [-0.3, -0.25) is 4.90 Å². The van der Waals surface area contributed by atoms with Crippen molar-refractivity contribution in [1.82, 2.24) is 4.90 Å². The second-order valence-electron chi connectivity index (χ2n) is 7.84. The molecule has 2 aromatic carbocycles. The Balaban J connectivity index is 1.78. The van der Waals surface area contributed by atoms with Gasteiger partial charge in [0.1, 0.15) is 0 Å². The minimum atomic E-state index is -2.79. The summed E-state index contributed by atoms with van der Waals surface area (Å²) in [6.45, 7) is 7.24. The van der Waals surface area contributed by atoms with E-state index in [0.29, 0.717) is 16.7 Å². The van der Waals surface area contributed by atoms with Gasteiger partial charge in [0.25, 0.3) is 5.25 Å². The van der Waals surface area contributed by atoms with Crippen LogP contribution in [0.3, 0.4) is 0 Å². The highest BCUT2D eigenvalue weighted by Gasteiger charge is 2.47. The van der Waals surface area contributed by atoms with Crippen LogP contribution in [0, 0.1) is 5.41 Å². The third-order valence-electron chi connectivity index (χ3n) is 5.54. The van der Waals surface area contributed by atoms with E-state index in [2.05, 4.69) is 37.8 Å². The van der Waals surface area contributed by atoms with E-state index in [0.717, 1.165) is 13.0 Å². The van der Waals surface area contributed by atoms with Gasteiger partial charge in [-0.2, -0.15) is 8.78 Å². The Kier molecular flexibility index (Phi) is 5.73. The maximum atomic E-state index is 14.9. The van der Waals surface area contributed by atoms with Crippen molar-refractivity contribution in [1.29, 1.82) is 0 Å². The van der Waals surface area contributed by atoms with Gasteiger partial charge in [0, 0.05) is 23.4 Å². The highest BCUT2D eigenvalue weighted by molar-refractivity contribution is 8.00. The first kappa shape index (κ1) is 19.4. The Bertz CT molecular complexity index is 703. The molecule has 1 unspecified atom stereocenters. The van der Waals surface area contributed by atoms with E-state index in [1.165, 1.54) is 5.56 Å². The number of nitrogens with zero attached hydrogens (tertiary/aromatic N) is 1. The van der Waals surface area contributed by atoms with Crippen LogP contribution in [0.25, 0.3) is 0 Å². The van der Waals surface area contributed by atoms with Crippen LogP contribution in [0.5, 0.6) is 0 Å². The molecule has 1 saturated heterocycles. The van der Waals surface area contributed by atoms with Gasteiger partial charge in [0.05, 0.1) is 0 Å². The number of rotatable bonds is 6. The molecule has 0 bridgehead atoms. The monoisotopic (exact) mass is 375 g/mol. The molecule has 0 N–H and O–H groups in total. The Morgan fingerprint density at radius 1 is 1.08 bits per heavy atom. The van der Waals surface area contributed by atoms with Crippen molar-refractivity contribution >= 4 is 11.8 Å². The number of thioether (sulfide) groups is 1. The molecule has 0 saturated carbocycles. The average Bonchev–Trinajstić information content (AvgIpc) is 2.90. The van der Waals surface area contributed by atoms with Crippen LogP contribution in [-0.2, 0) is 0 Å². The van der Waals surface area contributed by atoms with Gasteiger partial charge in [0.2, 0.25) is 0 Å². The largest absolute Gasteiger partial charge is 0.299 e. The lowest BCUT2D eigenvalue weighted by Gasteiger charge is -2.38. The highest BCUT2D eigenvalue weighted by Crippen LogP contribution is 2.48. The van der Waals surface area contributed by atoms with E-state index in [4.69, 9.17) is 0 Å². The van der Waals surface area contributed by atoms with E-state index in [1.807, 2.05) is 36.4 Å². The molecule has 0 amide bonds. The summed E-state index contributed by atoms with van der Waals surface area (Å²) in [5.41, 5.74) is 1.07. The zero-order valence-electron chi connectivity index (χ0n) is 15.7. The van der Waals surface area contributed by atoms with Crippen LogP contribution >= 0.6 is 11.8 Å². The van der Waals surface area contributed by atoms with Crippen molar-refractivity contribution in [3.05, 3.63) is 66.2 Å². The van der Waals surface area contributed by atoms with E-state index in [1.54, 1.807) is 12.1 Å². The van der Waals surface area contributed by atoms with Crippen molar-refractivity contribution in [3.8, 4) is 0 Å². The summed E-state index contributed by atoms with van der Waals surface area (Å²) >= 11 is 0.683. The second-order valence-corrected chi connectivity index (χ2v) is 9.11. The molecule has 1 heterocycles. The number of benzene rings is 2. The van der Waals surface area contributed by atoms with Gasteiger partial charge in [0.15, 0.2) is 0 Å². The van der Waals surface area contributed by atoms with Crippen LogP contribution < -0.4 is 0 Å². The fraction of sp³-hybridized carbons (Fsp3) is 0.455. The minimum absolute atomic E-state index is 0.121. The molecule has 1 fully saturated rings. The van der Waals surface area contributed by atoms with Gasteiger partial charge < -0.3 is 0 Å². The third kappa shape index (κ3) is 4.47.